The minimum absolute atomic E-state index is 0.595. The van der Waals surface area contributed by atoms with E-state index >= 15 is 0 Å². The Morgan fingerprint density at radius 2 is 2.40 bits per heavy atom. The Kier molecular flexibility index (Phi) is 3.41. The van der Waals surface area contributed by atoms with Crippen molar-refractivity contribution in [1.82, 2.24) is 9.55 Å². The summed E-state index contributed by atoms with van der Waals surface area (Å²) in [4.78, 5) is 5.18. The molecule has 0 radical (unpaired) electrons. The van der Waals surface area contributed by atoms with Gasteiger partial charge in [0, 0.05) is 23.0 Å². The fourth-order valence-corrected chi connectivity index (χ4v) is 2.48. The predicted molar refractivity (Wildman–Crippen MR) is 63.4 cm³/mol. The van der Waals surface area contributed by atoms with Gasteiger partial charge in [-0.2, -0.15) is 0 Å². The molecule has 0 bridgehead atoms. The monoisotopic (exact) mass is 241 g/mol. The molecule has 2 aromatic rings. The van der Waals surface area contributed by atoms with Crippen molar-refractivity contribution in [3.63, 3.8) is 0 Å². The molecular formula is C10H12ClN3S. The van der Waals surface area contributed by atoms with Crippen LogP contribution in [0.4, 0.5) is 0 Å². The van der Waals surface area contributed by atoms with Crippen LogP contribution in [0.15, 0.2) is 24.5 Å². The van der Waals surface area contributed by atoms with Gasteiger partial charge in [-0.05, 0) is 25.1 Å². The Labute approximate surface area is 97.5 Å². The van der Waals surface area contributed by atoms with Crippen LogP contribution in [0, 0.1) is 0 Å². The number of aromatic nitrogens is 2. The Hall–Kier alpha value is -0.840. The van der Waals surface area contributed by atoms with Gasteiger partial charge in [0.1, 0.15) is 0 Å². The second kappa shape index (κ2) is 4.79. The fraction of sp³-hybridized carbons (Fsp3) is 0.300. The lowest BCUT2D eigenvalue weighted by Gasteiger charge is -2.05. The zero-order valence-electron chi connectivity index (χ0n) is 8.19. The van der Waals surface area contributed by atoms with Crippen LogP contribution in [0.5, 0.6) is 0 Å². The van der Waals surface area contributed by atoms with Crippen molar-refractivity contribution in [3.8, 4) is 0 Å². The quantitative estimate of drug-likeness (QED) is 0.892. The fourth-order valence-electron chi connectivity index (χ4n) is 1.50. The molecule has 0 fully saturated rings. The van der Waals surface area contributed by atoms with Crippen LogP contribution >= 0.6 is 22.9 Å². The van der Waals surface area contributed by atoms with Gasteiger partial charge < -0.3 is 10.3 Å². The summed E-state index contributed by atoms with van der Waals surface area (Å²) in [7, 11) is 0. The predicted octanol–water partition coefficient (Wildman–Crippen LogP) is 2.15. The molecule has 5 heteroatoms. The molecule has 0 aliphatic heterocycles. The first kappa shape index (κ1) is 10.7. The first-order valence-corrected chi connectivity index (χ1v) is 5.93. The summed E-state index contributed by atoms with van der Waals surface area (Å²) in [5, 5.41) is 0. The summed E-state index contributed by atoms with van der Waals surface area (Å²) < 4.78 is 2.77. The maximum Gasteiger partial charge on any atom is 0.183 e. The average Bonchev–Trinajstić information content (AvgIpc) is 2.78. The highest BCUT2D eigenvalue weighted by Crippen LogP contribution is 2.19. The van der Waals surface area contributed by atoms with Crippen LogP contribution in [-0.4, -0.2) is 16.1 Å². The molecule has 0 aliphatic rings. The maximum atomic E-state index is 5.78. The van der Waals surface area contributed by atoms with E-state index in [4.69, 9.17) is 17.3 Å². The summed E-state index contributed by atoms with van der Waals surface area (Å²) in [6.45, 7) is 1.50. The minimum Gasteiger partial charge on any atom is -0.346 e. The molecule has 2 aromatic heterocycles. The average molecular weight is 242 g/mol. The van der Waals surface area contributed by atoms with Crippen LogP contribution in [0.2, 0.25) is 4.47 Å². The number of hydrogen-bond donors (Lipinski definition) is 1. The van der Waals surface area contributed by atoms with E-state index in [2.05, 4.69) is 21.8 Å². The number of thiazole rings is 1. The number of hydrogen-bond acceptors (Lipinski definition) is 3. The Bertz CT molecular complexity index is 435. The zero-order chi connectivity index (χ0) is 10.7. The van der Waals surface area contributed by atoms with E-state index in [-0.39, 0.29) is 0 Å². The summed E-state index contributed by atoms with van der Waals surface area (Å²) in [5.41, 5.74) is 6.79. The third-order valence-electron chi connectivity index (χ3n) is 2.18. The molecule has 15 heavy (non-hydrogen) atoms. The smallest absolute Gasteiger partial charge is 0.183 e. The van der Waals surface area contributed by atoms with E-state index < -0.39 is 0 Å². The largest absolute Gasteiger partial charge is 0.346 e. The van der Waals surface area contributed by atoms with Gasteiger partial charge in [0.15, 0.2) is 4.47 Å². The standard InChI is InChI=1S/C10H12ClN3S/c11-10-13-6-9(15-10)7-14-5-1-2-8(14)3-4-12/h1-2,5-6H,3-4,7,12H2. The van der Waals surface area contributed by atoms with Gasteiger partial charge >= 0.3 is 0 Å². The van der Waals surface area contributed by atoms with Crippen molar-refractivity contribution in [1.29, 1.82) is 0 Å². The normalized spacial score (nSPS) is 10.8. The molecular weight excluding hydrogens is 230 g/mol. The molecule has 3 nitrogen and oxygen atoms in total. The van der Waals surface area contributed by atoms with E-state index in [9.17, 15) is 0 Å². The molecule has 0 saturated heterocycles. The number of nitrogens with zero attached hydrogens (tertiary/aromatic N) is 2. The van der Waals surface area contributed by atoms with E-state index in [0.29, 0.717) is 11.0 Å². The number of nitrogens with two attached hydrogens (primary N) is 1. The SMILES string of the molecule is NCCc1cccn1Cc1cnc(Cl)s1. The van der Waals surface area contributed by atoms with Crippen molar-refractivity contribution in [2.75, 3.05) is 6.54 Å². The number of rotatable bonds is 4. The van der Waals surface area contributed by atoms with Crippen molar-refractivity contribution in [3.05, 3.63) is 39.6 Å². The van der Waals surface area contributed by atoms with Crippen molar-refractivity contribution in [2.45, 2.75) is 13.0 Å². The molecule has 0 aromatic carbocycles. The Morgan fingerprint density at radius 1 is 1.53 bits per heavy atom. The summed E-state index contributed by atoms with van der Waals surface area (Å²) >= 11 is 7.29. The van der Waals surface area contributed by atoms with E-state index in [1.54, 1.807) is 0 Å². The Morgan fingerprint density at radius 3 is 3.07 bits per heavy atom. The molecule has 0 unspecified atom stereocenters. The second-order valence-corrected chi connectivity index (χ2v) is 4.94. The number of halogens is 1. The van der Waals surface area contributed by atoms with Gasteiger partial charge in [-0.1, -0.05) is 11.6 Å². The van der Waals surface area contributed by atoms with Crippen molar-refractivity contribution in [2.24, 2.45) is 5.73 Å². The molecule has 2 heterocycles. The second-order valence-electron chi connectivity index (χ2n) is 3.25. The first-order valence-electron chi connectivity index (χ1n) is 4.74. The molecule has 0 saturated carbocycles. The topological polar surface area (TPSA) is 43.8 Å². The highest BCUT2D eigenvalue weighted by atomic mass is 35.5. The third-order valence-corrected chi connectivity index (χ3v) is 3.28. The summed E-state index contributed by atoms with van der Waals surface area (Å²) in [6, 6.07) is 4.13. The van der Waals surface area contributed by atoms with Crippen LogP contribution in [0.25, 0.3) is 0 Å². The molecule has 0 atom stereocenters. The molecule has 0 aliphatic carbocycles. The van der Waals surface area contributed by atoms with E-state index in [1.807, 2.05) is 12.3 Å². The van der Waals surface area contributed by atoms with Gasteiger partial charge in [-0.15, -0.1) is 11.3 Å². The van der Waals surface area contributed by atoms with Crippen LogP contribution in [0.3, 0.4) is 0 Å². The van der Waals surface area contributed by atoms with Gasteiger partial charge in [0.25, 0.3) is 0 Å². The van der Waals surface area contributed by atoms with Gasteiger partial charge in [0.2, 0.25) is 0 Å². The van der Waals surface area contributed by atoms with Gasteiger partial charge in [-0.3, -0.25) is 0 Å². The summed E-state index contributed by atoms with van der Waals surface area (Å²) in [6.07, 6.45) is 4.78. The van der Waals surface area contributed by atoms with E-state index in [1.165, 1.54) is 17.0 Å². The molecule has 2 rings (SSSR count). The minimum atomic E-state index is 0.595. The Balaban J connectivity index is 2.13. The lowest BCUT2D eigenvalue weighted by atomic mass is 10.3. The first-order chi connectivity index (χ1) is 7.29. The lowest BCUT2D eigenvalue weighted by Crippen LogP contribution is -2.08. The van der Waals surface area contributed by atoms with E-state index in [0.717, 1.165) is 17.8 Å². The van der Waals surface area contributed by atoms with Gasteiger partial charge in [-0.25, -0.2) is 4.98 Å². The molecule has 0 spiro atoms. The van der Waals surface area contributed by atoms with Crippen LogP contribution in [0.1, 0.15) is 10.6 Å². The highest BCUT2D eigenvalue weighted by molar-refractivity contribution is 7.15. The van der Waals surface area contributed by atoms with Crippen molar-refractivity contribution >= 4 is 22.9 Å². The summed E-state index contributed by atoms with van der Waals surface area (Å²) in [5.74, 6) is 0. The lowest BCUT2D eigenvalue weighted by molar-refractivity contribution is 0.743. The zero-order valence-corrected chi connectivity index (χ0v) is 9.76. The molecule has 2 N–H and O–H groups in total. The van der Waals surface area contributed by atoms with Crippen LogP contribution < -0.4 is 5.73 Å². The molecule has 80 valence electrons. The highest BCUT2D eigenvalue weighted by Gasteiger charge is 2.03. The van der Waals surface area contributed by atoms with Crippen LogP contribution in [-0.2, 0) is 13.0 Å². The van der Waals surface area contributed by atoms with Crippen molar-refractivity contribution < 1.29 is 0 Å². The molecule has 0 amide bonds. The van der Waals surface area contributed by atoms with Gasteiger partial charge in [0.05, 0.1) is 6.54 Å². The third kappa shape index (κ3) is 2.59. The maximum absolute atomic E-state index is 5.78.